The number of likely N-dealkylation sites (tertiary alicyclic amines) is 1. The number of carbonyl (C=O) groups excluding carboxylic acids is 1. The molecule has 2 aliphatic rings. The van der Waals surface area contributed by atoms with Gasteiger partial charge in [0.15, 0.2) is 0 Å². The van der Waals surface area contributed by atoms with Gasteiger partial charge in [-0.2, -0.15) is 0 Å². The van der Waals surface area contributed by atoms with E-state index in [0.717, 1.165) is 30.1 Å². The Kier molecular flexibility index (Phi) is 3.94. The van der Waals surface area contributed by atoms with Crippen LogP contribution >= 0.6 is 0 Å². The molecule has 2 fully saturated rings. The van der Waals surface area contributed by atoms with Gasteiger partial charge in [0.1, 0.15) is 0 Å². The van der Waals surface area contributed by atoms with Crippen molar-refractivity contribution in [3.8, 4) is 5.69 Å². The van der Waals surface area contributed by atoms with E-state index in [1.54, 1.807) is 0 Å². The first-order valence-corrected chi connectivity index (χ1v) is 8.87. The summed E-state index contributed by atoms with van der Waals surface area (Å²) in [5, 5.41) is 0. The van der Waals surface area contributed by atoms with Gasteiger partial charge >= 0.3 is 0 Å². The predicted molar refractivity (Wildman–Crippen MR) is 91.8 cm³/mol. The van der Waals surface area contributed by atoms with Gasteiger partial charge in [-0.25, -0.2) is 0 Å². The molecule has 1 aromatic carbocycles. The zero-order valence-electron chi connectivity index (χ0n) is 13.5. The second kappa shape index (κ2) is 6.23. The molecule has 1 saturated carbocycles. The molecule has 1 aliphatic carbocycles. The van der Waals surface area contributed by atoms with Gasteiger partial charge in [-0.3, -0.25) is 4.79 Å². The monoisotopic (exact) mass is 308 g/mol. The zero-order chi connectivity index (χ0) is 15.6. The number of rotatable bonds is 2. The molecule has 1 aromatic heterocycles. The number of hydrogen-bond donors (Lipinski definition) is 0. The van der Waals surface area contributed by atoms with Crippen LogP contribution in [0.25, 0.3) is 5.69 Å². The normalized spacial score (nSPS) is 24.3. The number of fused-ring (bicyclic) bond motifs is 1. The van der Waals surface area contributed by atoms with Crippen LogP contribution in [-0.2, 0) is 0 Å². The van der Waals surface area contributed by atoms with Crippen molar-refractivity contribution in [3.63, 3.8) is 0 Å². The van der Waals surface area contributed by atoms with Gasteiger partial charge < -0.3 is 9.47 Å². The number of aromatic nitrogens is 1. The van der Waals surface area contributed by atoms with Gasteiger partial charge in [0.05, 0.1) is 0 Å². The van der Waals surface area contributed by atoms with Gasteiger partial charge in [-0.15, -0.1) is 0 Å². The Morgan fingerprint density at radius 3 is 2.61 bits per heavy atom. The summed E-state index contributed by atoms with van der Waals surface area (Å²) in [6.45, 7) is 0.924. The quantitative estimate of drug-likeness (QED) is 0.813. The van der Waals surface area contributed by atoms with Crippen molar-refractivity contribution in [3.05, 3.63) is 54.4 Å². The Bertz CT molecular complexity index is 675. The van der Waals surface area contributed by atoms with Gasteiger partial charge in [0.25, 0.3) is 5.91 Å². The lowest BCUT2D eigenvalue weighted by molar-refractivity contribution is 0.0390. The molecule has 2 heterocycles. The van der Waals surface area contributed by atoms with Crippen LogP contribution in [0.4, 0.5) is 0 Å². The largest absolute Gasteiger partial charge is 0.335 e. The lowest BCUT2D eigenvalue weighted by Gasteiger charge is -2.44. The van der Waals surface area contributed by atoms with Gasteiger partial charge in [-0.1, -0.05) is 18.9 Å². The lowest BCUT2D eigenvalue weighted by Crippen LogP contribution is -2.49. The first-order chi connectivity index (χ1) is 11.3. The van der Waals surface area contributed by atoms with Crippen LogP contribution in [0.2, 0.25) is 0 Å². The average Bonchev–Trinajstić information content (AvgIpc) is 3.15. The van der Waals surface area contributed by atoms with Gasteiger partial charge in [0, 0.05) is 36.2 Å². The van der Waals surface area contributed by atoms with E-state index in [4.69, 9.17) is 0 Å². The summed E-state index contributed by atoms with van der Waals surface area (Å²) in [4.78, 5) is 15.3. The topological polar surface area (TPSA) is 25.2 Å². The lowest BCUT2D eigenvalue weighted by atomic mass is 9.78. The molecule has 120 valence electrons. The number of hydrogen-bond acceptors (Lipinski definition) is 1. The fourth-order valence-electron chi connectivity index (χ4n) is 4.35. The minimum Gasteiger partial charge on any atom is -0.335 e. The van der Waals surface area contributed by atoms with Crippen LogP contribution in [-0.4, -0.2) is 28.0 Å². The van der Waals surface area contributed by atoms with E-state index >= 15 is 0 Å². The van der Waals surface area contributed by atoms with E-state index in [1.807, 2.05) is 42.7 Å². The van der Waals surface area contributed by atoms with Crippen molar-refractivity contribution in [1.29, 1.82) is 0 Å². The smallest absolute Gasteiger partial charge is 0.254 e. The van der Waals surface area contributed by atoms with Crippen molar-refractivity contribution in [2.24, 2.45) is 5.92 Å². The third-order valence-electron chi connectivity index (χ3n) is 5.50. The highest BCUT2D eigenvalue weighted by Crippen LogP contribution is 2.36. The molecule has 0 bridgehead atoms. The number of carbonyl (C=O) groups is 1. The maximum absolute atomic E-state index is 13.1. The molecule has 3 heteroatoms. The molecule has 23 heavy (non-hydrogen) atoms. The zero-order valence-corrected chi connectivity index (χ0v) is 13.5. The van der Waals surface area contributed by atoms with E-state index in [2.05, 4.69) is 15.5 Å². The highest BCUT2D eigenvalue weighted by molar-refractivity contribution is 5.95. The summed E-state index contributed by atoms with van der Waals surface area (Å²) in [5.74, 6) is 0.949. The molecular formula is C20H24N2O. The van der Waals surface area contributed by atoms with Crippen molar-refractivity contribution in [1.82, 2.24) is 9.47 Å². The molecule has 0 N–H and O–H groups in total. The fraction of sp³-hybridized carbons (Fsp3) is 0.450. The Morgan fingerprint density at radius 1 is 0.957 bits per heavy atom. The maximum atomic E-state index is 13.1. The minimum atomic E-state index is 0.218. The molecule has 1 amide bonds. The molecule has 0 unspecified atom stereocenters. The van der Waals surface area contributed by atoms with Crippen LogP contribution < -0.4 is 0 Å². The van der Waals surface area contributed by atoms with Crippen LogP contribution in [0.5, 0.6) is 0 Å². The Morgan fingerprint density at radius 2 is 1.74 bits per heavy atom. The Balaban J connectivity index is 1.60. The number of benzene rings is 1. The summed E-state index contributed by atoms with van der Waals surface area (Å²) in [5.41, 5.74) is 1.88. The van der Waals surface area contributed by atoms with Gasteiger partial charge in [0.2, 0.25) is 0 Å². The van der Waals surface area contributed by atoms with Crippen molar-refractivity contribution >= 4 is 5.91 Å². The summed E-state index contributed by atoms with van der Waals surface area (Å²) in [6, 6.07) is 12.5. The van der Waals surface area contributed by atoms with E-state index in [-0.39, 0.29) is 5.91 Å². The number of piperidine rings is 1. The summed E-state index contributed by atoms with van der Waals surface area (Å²) < 4.78 is 2.05. The molecular weight excluding hydrogens is 284 g/mol. The molecule has 0 spiro atoms. The second-order valence-corrected chi connectivity index (χ2v) is 6.89. The van der Waals surface area contributed by atoms with Crippen LogP contribution in [0.3, 0.4) is 0 Å². The predicted octanol–water partition coefficient (Wildman–Crippen LogP) is 4.27. The number of nitrogens with zero attached hydrogens (tertiary/aromatic N) is 2. The molecule has 1 saturated heterocycles. The second-order valence-electron chi connectivity index (χ2n) is 6.89. The van der Waals surface area contributed by atoms with E-state index in [0.29, 0.717) is 6.04 Å². The third kappa shape index (κ3) is 2.80. The maximum Gasteiger partial charge on any atom is 0.254 e. The molecule has 2 aromatic rings. The van der Waals surface area contributed by atoms with Crippen LogP contribution in [0, 0.1) is 5.92 Å². The van der Waals surface area contributed by atoms with E-state index in [1.165, 1.54) is 32.1 Å². The summed E-state index contributed by atoms with van der Waals surface area (Å²) >= 11 is 0. The fourth-order valence-corrected chi connectivity index (χ4v) is 4.35. The van der Waals surface area contributed by atoms with E-state index in [9.17, 15) is 4.79 Å². The first-order valence-electron chi connectivity index (χ1n) is 8.87. The molecule has 2 atom stereocenters. The van der Waals surface area contributed by atoms with E-state index < -0.39 is 0 Å². The highest BCUT2D eigenvalue weighted by Gasteiger charge is 2.35. The van der Waals surface area contributed by atoms with Gasteiger partial charge in [-0.05, 0) is 61.9 Å². The molecule has 0 radical (unpaired) electrons. The third-order valence-corrected chi connectivity index (χ3v) is 5.50. The van der Waals surface area contributed by atoms with Crippen LogP contribution in [0.1, 0.15) is 48.9 Å². The summed E-state index contributed by atoms with van der Waals surface area (Å²) in [7, 11) is 0. The standard InChI is InChI=1S/C20H24N2O/c23-20(22-14-6-9-16-7-1-2-11-19(16)22)17-8-5-10-18(15-17)21-12-3-4-13-21/h3-5,8,10,12-13,15-16,19H,1-2,6-7,9,11,14H2/t16-,19+/m1/s1. The highest BCUT2D eigenvalue weighted by atomic mass is 16.2. The first kappa shape index (κ1) is 14.6. The Hall–Kier alpha value is -2.03. The van der Waals surface area contributed by atoms with Crippen molar-refractivity contribution in [2.45, 2.75) is 44.6 Å². The number of amides is 1. The Labute approximate surface area is 137 Å². The van der Waals surface area contributed by atoms with Crippen molar-refractivity contribution in [2.75, 3.05) is 6.54 Å². The van der Waals surface area contributed by atoms with Crippen molar-refractivity contribution < 1.29 is 4.79 Å². The molecule has 1 aliphatic heterocycles. The average molecular weight is 308 g/mol. The summed E-state index contributed by atoms with van der Waals surface area (Å²) in [6.07, 6.45) is 11.6. The van der Waals surface area contributed by atoms with Crippen LogP contribution in [0.15, 0.2) is 48.8 Å². The minimum absolute atomic E-state index is 0.218. The molecule has 4 rings (SSSR count). The molecule has 3 nitrogen and oxygen atoms in total. The SMILES string of the molecule is O=C(c1cccc(-n2cccc2)c1)N1CCC[C@H]2CCCC[C@@H]21.